The third kappa shape index (κ3) is 2.86. The van der Waals surface area contributed by atoms with E-state index in [1.54, 1.807) is 13.0 Å². The first kappa shape index (κ1) is 16.4. The predicted octanol–water partition coefficient (Wildman–Crippen LogP) is 1.30. The number of hydrogen-bond acceptors (Lipinski definition) is 6. The molecule has 0 saturated heterocycles. The Morgan fingerprint density at radius 3 is 2.67 bits per heavy atom. The number of aromatic nitrogens is 1. The van der Waals surface area contributed by atoms with Crippen molar-refractivity contribution in [1.82, 2.24) is 4.98 Å². The van der Waals surface area contributed by atoms with E-state index in [4.69, 9.17) is 5.14 Å². The van der Waals surface area contributed by atoms with Gasteiger partial charge in [-0.3, -0.25) is 9.59 Å². The number of fused-ring (bicyclic) bond motifs is 1. The van der Waals surface area contributed by atoms with Gasteiger partial charge in [0.1, 0.15) is 0 Å². The molecule has 0 atom stereocenters. The zero-order chi connectivity index (χ0) is 17.6. The van der Waals surface area contributed by atoms with E-state index >= 15 is 0 Å². The highest BCUT2D eigenvalue weighted by molar-refractivity contribution is 7.89. The van der Waals surface area contributed by atoms with Gasteiger partial charge in [-0.15, -0.1) is 0 Å². The molecule has 1 aromatic heterocycles. The van der Waals surface area contributed by atoms with Crippen molar-refractivity contribution in [3.05, 3.63) is 29.0 Å². The molecule has 0 aliphatic carbocycles. The summed E-state index contributed by atoms with van der Waals surface area (Å²) in [6, 6.07) is 2.98. The minimum Gasteiger partial charge on any atom is -0.302 e. The standard InChI is InChI=1S/C14H12N4O4S2/c1-6-12(23-14(17-6)18-7(2)19)8-3-9-5-16-13(20)11(9)10(4-8)24(15,21)22/h3-5H,1-2H3,(H2,15,21,22)(H,17,18,19). The van der Waals surface area contributed by atoms with Crippen LogP contribution in [0.15, 0.2) is 22.0 Å². The Morgan fingerprint density at radius 2 is 2.04 bits per heavy atom. The maximum atomic E-state index is 11.9. The fraction of sp³-hybridized carbons (Fsp3) is 0.143. The second kappa shape index (κ2) is 5.58. The summed E-state index contributed by atoms with van der Waals surface area (Å²) in [6.45, 7) is 3.10. The van der Waals surface area contributed by atoms with Crippen LogP contribution in [-0.4, -0.2) is 31.4 Å². The summed E-state index contributed by atoms with van der Waals surface area (Å²) >= 11 is 1.20. The highest BCUT2D eigenvalue weighted by atomic mass is 32.2. The first-order chi connectivity index (χ1) is 11.2. The number of primary sulfonamides is 1. The molecule has 0 bridgehead atoms. The maximum absolute atomic E-state index is 11.9. The van der Waals surface area contributed by atoms with Crippen molar-refractivity contribution < 1.29 is 18.0 Å². The molecule has 1 aromatic carbocycles. The highest BCUT2D eigenvalue weighted by Gasteiger charge is 2.27. The molecule has 2 amide bonds. The third-order valence-corrected chi connectivity index (χ3v) is 5.37. The van der Waals surface area contributed by atoms with E-state index in [0.717, 1.165) is 0 Å². The number of hydrogen-bond donors (Lipinski definition) is 2. The van der Waals surface area contributed by atoms with Crippen molar-refractivity contribution in [2.45, 2.75) is 18.7 Å². The van der Waals surface area contributed by atoms with Crippen molar-refractivity contribution in [2.24, 2.45) is 10.1 Å². The van der Waals surface area contributed by atoms with Crippen LogP contribution in [0.25, 0.3) is 10.4 Å². The average molecular weight is 364 g/mol. The zero-order valence-electron chi connectivity index (χ0n) is 12.7. The molecule has 0 radical (unpaired) electrons. The monoisotopic (exact) mass is 364 g/mol. The number of aryl methyl sites for hydroxylation is 1. The first-order valence-electron chi connectivity index (χ1n) is 6.71. The van der Waals surface area contributed by atoms with Gasteiger partial charge in [-0.1, -0.05) is 11.3 Å². The molecule has 24 heavy (non-hydrogen) atoms. The molecule has 0 unspecified atom stereocenters. The number of rotatable bonds is 3. The molecular formula is C14H12N4O4S2. The second-order valence-corrected chi connectivity index (χ2v) is 7.69. The van der Waals surface area contributed by atoms with Gasteiger partial charge in [0.2, 0.25) is 15.9 Å². The summed E-state index contributed by atoms with van der Waals surface area (Å²) in [4.78, 5) is 31.2. The maximum Gasteiger partial charge on any atom is 0.279 e. The van der Waals surface area contributed by atoms with E-state index < -0.39 is 15.9 Å². The number of carbonyl (C=O) groups excluding carboxylic acids is 2. The van der Waals surface area contributed by atoms with Crippen LogP contribution in [-0.2, 0) is 14.8 Å². The fourth-order valence-corrected chi connectivity index (χ4v) is 4.16. The van der Waals surface area contributed by atoms with Gasteiger partial charge in [0, 0.05) is 18.7 Å². The molecule has 1 aliphatic heterocycles. The Labute approximate surface area is 141 Å². The number of thiazole rings is 1. The number of benzene rings is 1. The summed E-state index contributed by atoms with van der Waals surface area (Å²) in [7, 11) is -4.10. The van der Waals surface area contributed by atoms with Crippen LogP contribution in [0, 0.1) is 6.92 Å². The van der Waals surface area contributed by atoms with Gasteiger partial charge in [-0.2, -0.15) is 0 Å². The second-order valence-electron chi connectivity index (χ2n) is 5.16. The summed E-state index contributed by atoms with van der Waals surface area (Å²) in [5.41, 5.74) is 1.51. The van der Waals surface area contributed by atoms with Crippen LogP contribution < -0.4 is 10.5 Å². The third-order valence-electron chi connectivity index (χ3n) is 3.32. The lowest BCUT2D eigenvalue weighted by molar-refractivity contribution is -0.114. The van der Waals surface area contributed by atoms with Crippen LogP contribution in [0.1, 0.15) is 28.5 Å². The predicted molar refractivity (Wildman–Crippen MR) is 89.9 cm³/mol. The number of anilines is 1. The van der Waals surface area contributed by atoms with E-state index in [-0.39, 0.29) is 16.4 Å². The van der Waals surface area contributed by atoms with Gasteiger partial charge in [-0.25, -0.2) is 23.5 Å². The number of nitrogens with two attached hydrogens (primary N) is 1. The highest BCUT2D eigenvalue weighted by Crippen LogP contribution is 2.36. The normalized spacial score (nSPS) is 13.2. The summed E-state index contributed by atoms with van der Waals surface area (Å²) in [5, 5.41) is 8.23. The van der Waals surface area contributed by atoms with E-state index in [1.807, 2.05) is 0 Å². The number of sulfonamides is 1. The largest absolute Gasteiger partial charge is 0.302 e. The Bertz CT molecular complexity index is 1020. The van der Waals surface area contributed by atoms with Crippen molar-refractivity contribution >= 4 is 44.5 Å². The quantitative estimate of drug-likeness (QED) is 0.847. The molecule has 3 rings (SSSR count). The number of nitrogens with one attached hydrogen (secondary N) is 1. The number of aliphatic imine (C=N–C) groups is 1. The lowest BCUT2D eigenvalue weighted by Crippen LogP contribution is -2.16. The van der Waals surface area contributed by atoms with E-state index in [2.05, 4.69) is 15.3 Å². The molecular weight excluding hydrogens is 352 g/mol. The van der Waals surface area contributed by atoms with Gasteiger partial charge in [0.05, 0.1) is 21.0 Å². The summed E-state index contributed by atoms with van der Waals surface area (Å²) in [5.74, 6) is -0.896. The number of nitrogens with zero attached hydrogens (tertiary/aromatic N) is 2. The van der Waals surface area contributed by atoms with Crippen molar-refractivity contribution in [3.63, 3.8) is 0 Å². The topological polar surface area (TPSA) is 132 Å². The lowest BCUT2D eigenvalue weighted by atomic mass is 10.0. The molecule has 8 nitrogen and oxygen atoms in total. The summed E-state index contributed by atoms with van der Waals surface area (Å²) < 4.78 is 23.7. The molecule has 0 spiro atoms. The fourth-order valence-electron chi connectivity index (χ4n) is 2.38. The Balaban J connectivity index is 2.20. The van der Waals surface area contributed by atoms with E-state index in [1.165, 1.54) is 30.5 Å². The van der Waals surface area contributed by atoms with Crippen LogP contribution in [0.2, 0.25) is 0 Å². The van der Waals surface area contributed by atoms with Gasteiger partial charge in [-0.05, 0) is 24.6 Å². The molecule has 0 saturated carbocycles. The van der Waals surface area contributed by atoms with E-state index in [0.29, 0.717) is 26.8 Å². The van der Waals surface area contributed by atoms with Crippen molar-refractivity contribution in [3.8, 4) is 10.4 Å². The number of carbonyl (C=O) groups is 2. The molecule has 124 valence electrons. The average Bonchev–Trinajstić information content (AvgIpc) is 3.00. The Hall–Kier alpha value is -2.43. The summed E-state index contributed by atoms with van der Waals surface area (Å²) in [6.07, 6.45) is 1.31. The minimum atomic E-state index is -4.10. The Kier molecular flexibility index (Phi) is 3.82. The molecule has 2 heterocycles. The van der Waals surface area contributed by atoms with Crippen LogP contribution >= 0.6 is 11.3 Å². The van der Waals surface area contributed by atoms with Crippen molar-refractivity contribution in [1.29, 1.82) is 0 Å². The first-order valence-corrected chi connectivity index (χ1v) is 9.07. The van der Waals surface area contributed by atoms with Gasteiger partial charge >= 0.3 is 0 Å². The van der Waals surface area contributed by atoms with Gasteiger partial charge in [0.15, 0.2) is 5.13 Å². The van der Waals surface area contributed by atoms with Gasteiger partial charge < -0.3 is 5.32 Å². The van der Waals surface area contributed by atoms with Crippen LogP contribution in [0.4, 0.5) is 5.13 Å². The molecule has 3 N–H and O–H groups in total. The smallest absolute Gasteiger partial charge is 0.279 e. The van der Waals surface area contributed by atoms with Crippen LogP contribution in [0.3, 0.4) is 0 Å². The number of amides is 2. The molecule has 0 fully saturated rings. The molecule has 10 heteroatoms. The van der Waals surface area contributed by atoms with E-state index in [9.17, 15) is 18.0 Å². The molecule has 2 aromatic rings. The minimum absolute atomic E-state index is 0.0227. The van der Waals surface area contributed by atoms with Crippen LogP contribution in [0.5, 0.6) is 0 Å². The Morgan fingerprint density at radius 1 is 1.33 bits per heavy atom. The lowest BCUT2D eigenvalue weighted by Gasteiger charge is -2.08. The zero-order valence-corrected chi connectivity index (χ0v) is 14.3. The van der Waals surface area contributed by atoms with Gasteiger partial charge in [0.25, 0.3) is 5.91 Å². The SMILES string of the molecule is CC(=O)Nc1nc(C)c(-c2cc3c(c(S(N)(=O)=O)c2)C(=O)N=C3)s1. The van der Waals surface area contributed by atoms with Crippen molar-refractivity contribution in [2.75, 3.05) is 5.32 Å². The molecule has 1 aliphatic rings.